The first-order chi connectivity index (χ1) is 11.9. The van der Waals surface area contributed by atoms with Crippen LogP contribution in [0.2, 0.25) is 0 Å². The zero-order valence-electron chi connectivity index (χ0n) is 15.1. The van der Waals surface area contributed by atoms with Crippen LogP contribution in [-0.4, -0.2) is 17.6 Å². The average Bonchev–Trinajstić information content (AvgIpc) is 2.55. The minimum atomic E-state index is -0.0982. The van der Waals surface area contributed by atoms with E-state index >= 15 is 0 Å². The fraction of sp³-hybridized carbons (Fsp3) is 0.300. The quantitative estimate of drug-likeness (QED) is 0.731. The Morgan fingerprint density at radius 3 is 2.32 bits per heavy atom. The predicted octanol–water partition coefficient (Wildman–Crippen LogP) is 4.81. The van der Waals surface area contributed by atoms with Crippen LogP contribution in [-0.2, 0) is 9.59 Å². The number of para-hydroxylation sites is 1. The van der Waals surface area contributed by atoms with Gasteiger partial charge in [-0.25, -0.2) is 0 Å². The molecule has 4 nitrogen and oxygen atoms in total. The van der Waals surface area contributed by atoms with E-state index in [9.17, 15) is 9.59 Å². The van der Waals surface area contributed by atoms with Gasteiger partial charge in [0.25, 0.3) is 0 Å². The number of carbonyl (C=O) groups excluding carboxylic acids is 2. The zero-order chi connectivity index (χ0) is 18.4. The minimum Gasteiger partial charge on any atom is -0.326 e. The molecule has 0 heterocycles. The largest absolute Gasteiger partial charge is 0.326 e. The monoisotopic (exact) mass is 356 g/mol. The SMILES string of the molecule is CC(=O)Nc1ccc(SCC(=O)Nc2c(C)cccc2C(C)C)cc1. The van der Waals surface area contributed by atoms with E-state index in [0.717, 1.165) is 27.4 Å². The molecule has 0 aliphatic heterocycles. The number of carbonyl (C=O) groups is 2. The van der Waals surface area contributed by atoms with E-state index in [2.05, 4.69) is 30.5 Å². The highest BCUT2D eigenvalue weighted by Crippen LogP contribution is 2.28. The summed E-state index contributed by atoms with van der Waals surface area (Å²) in [6, 6.07) is 13.6. The number of hydrogen-bond donors (Lipinski definition) is 2. The van der Waals surface area contributed by atoms with Crippen molar-refractivity contribution in [3.05, 3.63) is 53.6 Å². The maximum absolute atomic E-state index is 12.3. The van der Waals surface area contributed by atoms with Crippen molar-refractivity contribution in [2.45, 2.75) is 38.5 Å². The third-order valence-corrected chi connectivity index (χ3v) is 4.75. The van der Waals surface area contributed by atoms with Crippen LogP contribution in [0.3, 0.4) is 0 Å². The fourth-order valence-electron chi connectivity index (χ4n) is 2.50. The standard InChI is InChI=1S/C20H24N2O2S/c1-13(2)18-7-5-6-14(3)20(18)22-19(24)12-25-17-10-8-16(9-11-17)21-15(4)23/h5-11,13H,12H2,1-4H3,(H,21,23)(H,22,24). The Bertz CT molecular complexity index is 755. The summed E-state index contributed by atoms with van der Waals surface area (Å²) < 4.78 is 0. The lowest BCUT2D eigenvalue weighted by molar-refractivity contribution is -0.114. The first-order valence-electron chi connectivity index (χ1n) is 8.26. The van der Waals surface area contributed by atoms with Crippen LogP contribution in [0.1, 0.15) is 37.8 Å². The molecule has 2 rings (SSSR count). The third kappa shape index (κ3) is 5.64. The van der Waals surface area contributed by atoms with Gasteiger partial charge in [-0.1, -0.05) is 32.0 Å². The Balaban J connectivity index is 1.96. The Hall–Kier alpha value is -2.27. The van der Waals surface area contributed by atoms with Crippen molar-refractivity contribution in [2.24, 2.45) is 0 Å². The van der Waals surface area contributed by atoms with Crippen molar-refractivity contribution in [1.29, 1.82) is 0 Å². The highest BCUT2D eigenvalue weighted by atomic mass is 32.2. The zero-order valence-corrected chi connectivity index (χ0v) is 15.9. The summed E-state index contributed by atoms with van der Waals surface area (Å²) in [5.74, 6) is 0.570. The van der Waals surface area contributed by atoms with Crippen LogP contribution in [0.15, 0.2) is 47.4 Å². The number of nitrogens with one attached hydrogen (secondary N) is 2. The van der Waals surface area contributed by atoms with E-state index in [4.69, 9.17) is 0 Å². The summed E-state index contributed by atoms with van der Waals surface area (Å²) in [6.45, 7) is 7.73. The molecular formula is C20H24N2O2S. The molecule has 0 saturated carbocycles. The van der Waals surface area contributed by atoms with Crippen molar-refractivity contribution >= 4 is 35.0 Å². The number of benzene rings is 2. The fourth-order valence-corrected chi connectivity index (χ4v) is 3.20. The molecule has 0 unspecified atom stereocenters. The molecule has 2 aromatic carbocycles. The van der Waals surface area contributed by atoms with Crippen molar-refractivity contribution in [3.8, 4) is 0 Å². The lowest BCUT2D eigenvalue weighted by Crippen LogP contribution is -2.16. The molecule has 0 saturated heterocycles. The van der Waals surface area contributed by atoms with Gasteiger partial charge in [0.05, 0.1) is 5.75 Å². The third-order valence-electron chi connectivity index (χ3n) is 3.74. The van der Waals surface area contributed by atoms with Gasteiger partial charge in [-0.2, -0.15) is 0 Å². The molecule has 0 aliphatic carbocycles. The Kier molecular flexibility index (Phi) is 6.65. The average molecular weight is 356 g/mol. The lowest BCUT2D eigenvalue weighted by atomic mass is 9.98. The summed E-state index contributed by atoms with van der Waals surface area (Å²) in [7, 11) is 0. The molecule has 0 aliphatic rings. The van der Waals surface area contributed by atoms with Crippen LogP contribution in [0, 0.1) is 6.92 Å². The maximum atomic E-state index is 12.3. The normalized spacial score (nSPS) is 10.6. The highest BCUT2D eigenvalue weighted by molar-refractivity contribution is 8.00. The van der Waals surface area contributed by atoms with E-state index in [0.29, 0.717) is 11.7 Å². The molecule has 0 radical (unpaired) electrons. The van der Waals surface area contributed by atoms with E-state index in [1.165, 1.54) is 18.7 Å². The van der Waals surface area contributed by atoms with Crippen LogP contribution in [0.25, 0.3) is 0 Å². The van der Waals surface area contributed by atoms with Gasteiger partial charge in [0.1, 0.15) is 0 Å². The lowest BCUT2D eigenvalue weighted by Gasteiger charge is -2.16. The molecule has 0 spiro atoms. The number of aryl methyl sites for hydroxylation is 1. The Morgan fingerprint density at radius 1 is 1.04 bits per heavy atom. The van der Waals surface area contributed by atoms with E-state index in [1.54, 1.807) is 0 Å². The smallest absolute Gasteiger partial charge is 0.234 e. The number of thioether (sulfide) groups is 1. The Morgan fingerprint density at radius 2 is 1.72 bits per heavy atom. The van der Waals surface area contributed by atoms with Crippen LogP contribution in [0.4, 0.5) is 11.4 Å². The van der Waals surface area contributed by atoms with Gasteiger partial charge in [0.15, 0.2) is 0 Å². The van der Waals surface area contributed by atoms with Gasteiger partial charge < -0.3 is 10.6 Å². The molecule has 0 fully saturated rings. The summed E-state index contributed by atoms with van der Waals surface area (Å²) in [5.41, 5.74) is 3.90. The highest BCUT2D eigenvalue weighted by Gasteiger charge is 2.12. The van der Waals surface area contributed by atoms with Crippen molar-refractivity contribution in [1.82, 2.24) is 0 Å². The van der Waals surface area contributed by atoms with Crippen LogP contribution in [0.5, 0.6) is 0 Å². The number of amides is 2. The molecule has 132 valence electrons. The summed E-state index contributed by atoms with van der Waals surface area (Å²) >= 11 is 1.47. The minimum absolute atomic E-state index is 0.0212. The summed E-state index contributed by atoms with van der Waals surface area (Å²) in [6.07, 6.45) is 0. The first kappa shape index (κ1) is 19.1. The molecule has 25 heavy (non-hydrogen) atoms. The number of hydrogen-bond acceptors (Lipinski definition) is 3. The summed E-state index contributed by atoms with van der Waals surface area (Å²) in [5, 5.41) is 5.78. The topological polar surface area (TPSA) is 58.2 Å². The van der Waals surface area contributed by atoms with E-state index < -0.39 is 0 Å². The van der Waals surface area contributed by atoms with E-state index in [1.807, 2.05) is 43.3 Å². The van der Waals surface area contributed by atoms with Gasteiger partial charge in [0.2, 0.25) is 11.8 Å². The molecular weight excluding hydrogens is 332 g/mol. The van der Waals surface area contributed by atoms with E-state index in [-0.39, 0.29) is 11.8 Å². The molecule has 2 aromatic rings. The molecule has 5 heteroatoms. The molecule has 2 amide bonds. The van der Waals surface area contributed by atoms with Crippen molar-refractivity contribution in [2.75, 3.05) is 16.4 Å². The van der Waals surface area contributed by atoms with Crippen molar-refractivity contribution in [3.63, 3.8) is 0 Å². The van der Waals surface area contributed by atoms with Crippen LogP contribution < -0.4 is 10.6 Å². The molecule has 2 N–H and O–H groups in total. The second kappa shape index (κ2) is 8.72. The van der Waals surface area contributed by atoms with Crippen molar-refractivity contribution < 1.29 is 9.59 Å². The molecule has 0 aromatic heterocycles. The number of anilines is 2. The van der Waals surface area contributed by atoms with Gasteiger partial charge in [0, 0.05) is 23.2 Å². The predicted molar refractivity (Wildman–Crippen MR) is 105 cm³/mol. The van der Waals surface area contributed by atoms with Gasteiger partial charge in [-0.15, -0.1) is 11.8 Å². The van der Waals surface area contributed by atoms with Gasteiger partial charge in [-0.05, 0) is 48.2 Å². The maximum Gasteiger partial charge on any atom is 0.234 e. The van der Waals surface area contributed by atoms with Gasteiger partial charge in [-0.3, -0.25) is 9.59 Å². The Labute approximate surface area is 153 Å². The second-order valence-electron chi connectivity index (χ2n) is 6.24. The summed E-state index contributed by atoms with van der Waals surface area (Å²) in [4.78, 5) is 24.3. The first-order valence-corrected chi connectivity index (χ1v) is 9.25. The number of rotatable bonds is 6. The molecule has 0 atom stereocenters. The second-order valence-corrected chi connectivity index (χ2v) is 7.29. The van der Waals surface area contributed by atoms with Gasteiger partial charge >= 0.3 is 0 Å². The molecule has 0 bridgehead atoms. The van der Waals surface area contributed by atoms with Crippen LogP contribution >= 0.6 is 11.8 Å².